The molecule has 0 saturated heterocycles. The van der Waals surface area contributed by atoms with Crippen LogP contribution in [0.15, 0.2) is 28.7 Å². The minimum atomic E-state index is -0.335. The van der Waals surface area contributed by atoms with E-state index in [1.54, 1.807) is 17.8 Å². The first-order chi connectivity index (χ1) is 10.1. The van der Waals surface area contributed by atoms with Gasteiger partial charge >= 0.3 is 5.97 Å². The van der Waals surface area contributed by atoms with Crippen LogP contribution in [0.4, 0.5) is 4.39 Å². The Kier molecular flexibility index (Phi) is 6.12. The smallest absolute Gasteiger partial charge is 0.334 e. The lowest BCUT2D eigenvalue weighted by Crippen LogP contribution is -2.12. The van der Waals surface area contributed by atoms with Gasteiger partial charge < -0.3 is 4.74 Å². The second-order valence-corrected chi connectivity index (χ2v) is 6.33. The van der Waals surface area contributed by atoms with E-state index in [9.17, 15) is 9.18 Å². The fraction of sp³-hybridized carbons (Fsp3) is 0.438. The normalized spacial score (nSPS) is 15.2. The highest BCUT2D eigenvalue weighted by Gasteiger charge is 2.20. The van der Waals surface area contributed by atoms with Gasteiger partial charge in [0, 0.05) is 16.3 Å². The molecule has 1 aromatic rings. The fourth-order valence-corrected chi connectivity index (χ4v) is 3.82. The van der Waals surface area contributed by atoms with E-state index in [2.05, 4.69) is 0 Å². The van der Waals surface area contributed by atoms with Gasteiger partial charge in [-0.1, -0.05) is 17.7 Å². The van der Waals surface area contributed by atoms with Crippen LogP contribution in [0.3, 0.4) is 0 Å². The highest BCUT2D eigenvalue weighted by Crippen LogP contribution is 2.36. The van der Waals surface area contributed by atoms with E-state index in [4.69, 9.17) is 16.3 Å². The molecule has 0 unspecified atom stereocenters. The van der Waals surface area contributed by atoms with Crippen LogP contribution in [-0.2, 0) is 15.3 Å². The Morgan fingerprint density at radius 3 is 2.86 bits per heavy atom. The van der Waals surface area contributed by atoms with E-state index >= 15 is 0 Å². The molecule has 0 spiro atoms. The summed E-state index contributed by atoms with van der Waals surface area (Å²) in [7, 11) is 0. The van der Waals surface area contributed by atoms with Crippen molar-refractivity contribution in [3.8, 4) is 0 Å². The molecule has 0 saturated carbocycles. The predicted octanol–water partition coefficient (Wildman–Crippen LogP) is 5.10. The van der Waals surface area contributed by atoms with E-state index in [0.717, 1.165) is 41.7 Å². The summed E-state index contributed by atoms with van der Waals surface area (Å²) in [6.45, 7) is 2.20. The number of hydrogen-bond acceptors (Lipinski definition) is 3. The van der Waals surface area contributed by atoms with Crippen LogP contribution in [-0.4, -0.2) is 12.6 Å². The number of benzene rings is 1. The lowest BCUT2D eigenvalue weighted by atomic mass is 9.99. The first-order valence-electron chi connectivity index (χ1n) is 7.07. The van der Waals surface area contributed by atoms with Crippen molar-refractivity contribution in [2.24, 2.45) is 0 Å². The third-order valence-electron chi connectivity index (χ3n) is 3.36. The van der Waals surface area contributed by atoms with Crippen LogP contribution in [0.2, 0.25) is 5.02 Å². The van der Waals surface area contributed by atoms with E-state index in [-0.39, 0.29) is 11.8 Å². The third kappa shape index (κ3) is 4.48. The van der Waals surface area contributed by atoms with Gasteiger partial charge in [-0.15, -0.1) is 11.8 Å². The average molecular weight is 329 g/mol. The van der Waals surface area contributed by atoms with E-state index in [0.29, 0.717) is 17.4 Å². The summed E-state index contributed by atoms with van der Waals surface area (Å²) in [5.41, 5.74) is 1.68. The molecule has 114 valence electrons. The number of allylic oxidation sites excluding steroid dienone is 1. The zero-order chi connectivity index (χ0) is 15.2. The number of thioether (sulfide) groups is 1. The Morgan fingerprint density at radius 2 is 2.14 bits per heavy atom. The van der Waals surface area contributed by atoms with Crippen LogP contribution < -0.4 is 0 Å². The SMILES string of the molecule is CCOC(=O)C1=C(SCc2ccc(F)cc2Cl)CCCC1. The predicted molar refractivity (Wildman–Crippen MR) is 84.8 cm³/mol. The maximum absolute atomic E-state index is 13.0. The van der Waals surface area contributed by atoms with Gasteiger partial charge in [0.15, 0.2) is 0 Å². The number of ether oxygens (including phenoxy) is 1. The minimum absolute atomic E-state index is 0.204. The molecule has 0 N–H and O–H groups in total. The highest BCUT2D eigenvalue weighted by atomic mass is 35.5. The van der Waals surface area contributed by atoms with Crippen molar-refractivity contribution >= 4 is 29.3 Å². The number of esters is 1. The quantitative estimate of drug-likeness (QED) is 0.703. The van der Waals surface area contributed by atoms with Gasteiger partial charge in [-0.3, -0.25) is 0 Å². The second kappa shape index (κ2) is 7.85. The maximum atomic E-state index is 13.0. The lowest BCUT2D eigenvalue weighted by Gasteiger charge is -2.19. The molecule has 0 heterocycles. The molecule has 0 atom stereocenters. The van der Waals surface area contributed by atoms with Gasteiger partial charge in [0.25, 0.3) is 0 Å². The Morgan fingerprint density at radius 1 is 1.38 bits per heavy atom. The van der Waals surface area contributed by atoms with Crippen LogP contribution in [0, 0.1) is 5.82 Å². The summed E-state index contributed by atoms with van der Waals surface area (Å²) < 4.78 is 18.2. The molecule has 0 bridgehead atoms. The topological polar surface area (TPSA) is 26.3 Å². The zero-order valence-electron chi connectivity index (χ0n) is 12.0. The summed E-state index contributed by atoms with van der Waals surface area (Å²) in [4.78, 5) is 13.0. The van der Waals surface area contributed by atoms with Crippen molar-refractivity contribution in [2.45, 2.75) is 38.4 Å². The van der Waals surface area contributed by atoms with Crippen molar-refractivity contribution in [3.05, 3.63) is 45.1 Å². The van der Waals surface area contributed by atoms with E-state index in [1.807, 2.05) is 6.92 Å². The number of carbonyl (C=O) groups is 1. The lowest BCUT2D eigenvalue weighted by molar-refractivity contribution is -0.138. The Balaban J connectivity index is 2.10. The summed E-state index contributed by atoms with van der Waals surface area (Å²) >= 11 is 7.64. The third-order valence-corrected chi connectivity index (χ3v) is 4.96. The molecule has 1 aliphatic rings. The highest BCUT2D eigenvalue weighted by molar-refractivity contribution is 8.02. The van der Waals surface area contributed by atoms with Gasteiger partial charge in [-0.25, -0.2) is 9.18 Å². The molecule has 1 aromatic carbocycles. The first-order valence-corrected chi connectivity index (χ1v) is 8.44. The molecule has 21 heavy (non-hydrogen) atoms. The summed E-state index contributed by atoms with van der Waals surface area (Å²) in [6.07, 6.45) is 3.79. The Labute approximate surface area is 133 Å². The van der Waals surface area contributed by atoms with Gasteiger partial charge in [0.2, 0.25) is 0 Å². The van der Waals surface area contributed by atoms with Gasteiger partial charge in [-0.05, 0) is 55.2 Å². The monoisotopic (exact) mass is 328 g/mol. The molecule has 0 radical (unpaired) electrons. The Bertz CT molecular complexity index is 557. The molecular weight excluding hydrogens is 311 g/mol. The molecule has 0 aliphatic heterocycles. The van der Waals surface area contributed by atoms with Crippen molar-refractivity contribution < 1.29 is 13.9 Å². The number of hydrogen-bond donors (Lipinski definition) is 0. The molecule has 0 amide bonds. The van der Waals surface area contributed by atoms with Gasteiger partial charge in [0.1, 0.15) is 5.82 Å². The molecule has 1 aliphatic carbocycles. The number of rotatable bonds is 5. The zero-order valence-corrected chi connectivity index (χ0v) is 13.5. The van der Waals surface area contributed by atoms with Crippen molar-refractivity contribution in [3.63, 3.8) is 0 Å². The molecule has 2 rings (SSSR count). The summed E-state index contributed by atoms with van der Waals surface area (Å²) in [6, 6.07) is 4.42. The minimum Gasteiger partial charge on any atom is -0.463 e. The van der Waals surface area contributed by atoms with Crippen molar-refractivity contribution in [2.75, 3.05) is 6.61 Å². The number of carbonyl (C=O) groups excluding carboxylic acids is 1. The summed E-state index contributed by atoms with van der Waals surface area (Å²) in [5.74, 6) is 0.0971. The largest absolute Gasteiger partial charge is 0.463 e. The van der Waals surface area contributed by atoms with Crippen LogP contribution in [0.5, 0.6) is 0 Å². The van der Waals surface area contributed by atoms with Crippen LogP contribution in [0.25, 0.3) is 0 Å². The summed E-state index contributed by atoms with van der Waals surface area (Å²) in [5, 5.41) is 0.427. The van der Waals surface area contributed by atoms with Gasteiger partial charge in [0.05, 0.1) is 6.61 Å². The molecule has 5 heteroatoms. The molecule has 0 fully saturated rings. The first kappa shape index (κ1) is 16.4. The van der Waals surface area contributed by atoms with Crippen molar-refractivity contribution in [1.82, 2.24) is 0 Å². The fourth-order valence-electron chi connectivity index (χ4n) is 2.27. The van der Waals surface area contributed by atoms with E-state index in [1.165, 1.54) is 12.1 Å². The van der Waals surface area contributed by atoms with E-state index < -0.39 is 0 Å². The standard InChI is InChI=1S/C16H18ClFO2S/c1-2-20-16(19)13-5-3-4-6-15(13)21-10-11-7-8-12(18)9-14(11)17/h7-9H,2-6,10H2,1H3. The molecular formula is C16H18ClFO2S. The maximum Gasteiger partial charge on any atom is 0.334 e. The van der Waals surface area contributed by atoms with Crippen molar-refractivity contribution in [1.29, 1.82) is 0 Å². The number of halogens is 2. The van der Waals surface area contributed by atoms with Crippen LogP contribution in [0.1, 0.15) is 38.2 Å². The second-order valence-electron chi connectivity index (χ2n) is 4.85. The molecule has 2 nitrogen and oxygen atoms in total. The molecule has 0 aromatic heterocycles. The average Bonchev–Trinajstić information content (AvgIpc) is 2.47. The van der Waals surface area contributed by atoms with Gasteiger partial charge in [-0.2, -0.15) is 0 Å². The Hall–Kier alpha value is -1.00. The van der Waals surface area contributed by atoms with Crippen LogP contribution >= 0.6 is 23.4 Å².